The lowest BCUT2D eigenvalue weighted by Gasteiger charge is -2.14. The second-order valence-electron chi connectivity index (χ2n) is 4.35. The number of carbonyl (C=O) groups is 1. The Kier molecular flexibility index (Phi) is 5.49. The number of carbonyl (C=O) groups excluding carboxylic acids is 1. The number of nitrogens with one attached hydrogen (secondary N) is 1. The van der Waals surface area contributed by atoms with E-state index in [1.54, 1.807) is 12.1 Å². The Bertz CT molecular complexity index is 386. The lowest BCUT2D eigenvalue weighted by molar-refractivity contribution is 0.0946. The zero-order chi connectivity index (χ0) is 12.8. The molecule has 1 rings (SSSR count). The standard InChI is InChI=1S/C14H20ClNO/c1-4-11(5-2)9-16-14(17)13-8-12(15)7-6-10(13)3/h6-8,11H,4-5,9H2,1-3H3,(H,16,17). The molecule has 0 heterocycles. The van der Waals surface area contributed by atoms with Crippen molar-refractivity contribution < 1.29 is 4.79 Å². The van der Waals surface area contributed by atoms with E-state index in [1.165, 1.54) is 0 Å². The first-order valence-electron chi connectivity index (χ1n) is 6.12. The van der Waals surface area contributed by atoms with Crippen molar-refractivity contribution in [1.29, 1.82) is 0 Å². The van der Waals surface area contributed by atoms with Gasteiger partial charge >= 0.3 is 0 Å². The third-order valence-corrected chi connectivity index (χ3v) is 3.39. The average molecular weight is 254 g/mol. The maximum Gasteiger partial charge on any atom is 0.251 e. The summed E-state index contributed by atoms with van der Waals surface area (Å²) in [6.45, 7) is 6.94. The number of hydrogen-bond acceptors (Lipinski definition) is 1. The van der Waals surface area contributed by atoms with Crippen molar-refractivity contribution in [3.05, 3.63) is 34.3 Å². The van der Waals surface area contributed by atoms with Gasteiger partial charge in [-0.15, -0.1) is 0 Å². The van der Waals surface area contributed by atoms with Gasteiger partial charge in [-0.2, -0.15) is 0 Å². The number of amides is 1. The number of aryl methyl sites for hydroxylation is 1. The molecule has 0 radical (unpaired) electrons. The molecule has 0 aromatic heterocycles. The van der Waals surface area contributed by atoms with Crippen LogP contribution in [-0.2, 0) is 0 Å². The predicted molar refractivity (Wildman–Crippen MR) is 72.6 cm³/mol. The Balaban J connectivity index is 2.66. The second-order valence-corrected chi connectivity index (χ2v) is 4.79. The third-order valence-electron chi connectivity index (χ3n) is 3.15. The minimum absolute atomic E-state index is 0.0306. The molecule has 0 saturated heterocycles. The summed E-state index contributed by atoms with van der Waals surface area (Å²) in [5.74, 6) is 0.523. The van der Waals surface area contributed by atoms with Gasteiger partial charge in [-0.3, -0.25) is 4.79 Å². The van der Waals surface area contributed by atoms with Crippen LogP contribution in [0.2, 0.25) is 5.02 Å². The predicted octanol–water partition coefficient (Wildman–Crippen LogP) is 3.81. The van der Waals surface area contributed by atoms with Gasteiger partial charge in [0.05, 0.1) is 0 Å². The van der Waals surface area contributed by atoms with Gasteiger partial charge in [-0.05, 0) is 30.5 Å². The monoisotopic (exact) mass is 253 g/mol. The van der Waals surface area contributed by atoms with E-state index in [0.29, 0.717) is 16.5 Å². The summed E-state index contributed by atoms with van der Waals surface area (Å²) in [5, 5.41) is 3.57. The summed E-state index contributed by atoms with van der Waals surface area (Å²) in [4.78, 5) is 12.0. The quantitative estimate of drug-likeness (QED) is 0.849. The van der Waals surface area contributed by atoms with Gasteiger partial charge in [0.25, 0.3) is 5.91 Å². The Morgan fingerprint density at radius 3 is 2.59 bits per heavy atom. The molecule has 1 N–H and O–H groups in total. The summed E-state index contributed by atoms with van der Waals surface area (Å²) in [7, 11) is 0. The molecule has 1 amide bonds. The first-order chi connectivity index (χ1) is 8.08. The van der Waals surface area contributed by atoms with Crippen molar-refractivity contribution in [2.24, 2.45) is 5.92 Å². The molecule has 0 aliphatic heterocycles. The zero-order valence-electron chi connectivity index (χ0n) is 10.7. The van der Waals surface area contributed by atoms with Crippen molar-refractivity contribution in [3.63, 3.8) is 0 Å². The van der Waals surface area contributed by atoms with Crippen LogP contribution < -0.4 is 5.32 Å². The molecule has 0 aliphatic carbocycles. The molecule has 0 saturated carbocycles. The molecule has 2 nitrogen and oxygen atoms in total. The van der Waals surface area contributed by atoms with Crippen LogP contribution in [0.4, 0.5) is 0 Å². The fraction of sp³-hybridized carbons (Fsp3) is 0.500. The Hall–Kier alpha value is -1.02. The van der Waals surface area contributed by atoms with Crippen LogP contribution in [-0.4, -0.2) is 12.5 Å². The van der Waals surface area contributed by atoms with Crippen LogP contribution in [0.25, 0.3) is 0 Å². The molecule has 0 bridgehead atoms. The molecule has 0 spiro atoms. The minimum Gasteiger partial charge on any atom is -0.352 e. The van der Waals surface area contributed by atoms with Gasteiger partial charge in [0, 0.05) is 17.1 Å². The summed E-state index contributed by atoms with van der Waals surface area (Å²) in [6.07, 6.45) is 2.18. The van der Waals surface area contributed by atoms with E-state index in [2.05, 4.69) is 19.2 Å². The van der Waals surface area contributed by atoms with Crippen molar-refractivity contribution in [2.45, 2.75) is 33.6 Å². The number of benzene rings is 1. The summed E-state index contributed by atoms with van der Waals surface area (Å²) in [6, 6.07) is 5.39. The molecular weight excluding hydrogens is 234 g/mol. The maximum absolute atomic E-state index is 12.0. The average Bonchev–Trinajstić information content (AvgIpc) is 2.33. The van der Waals surface area contributed by atoms with Crippen LogP contribution in [0, 0.1) is 12.8 Å². The molecule has 1 aromatic rings. The number of hydrogen-bond donors (Lipinski definition) is 1. The number of rotatable bonds is 5. The molecule has 0 atom stereocenters. The first kappa shape index (κ1) is 14.0. The fourth-order valence-corrected chi connectivity index (χ4v) is 1.92. The largest absolute Gasteiger partial charge is 0.352 e. The highest BCUT2D eigenvalue weighted by Crippen LogP contribution is 2.15. The summed E-state index contributed by atoms with van der Waals surface area (Å²) < 4.78 is 0. The van der Waals surface area contributed by atoms with Gasteiger partial charge in [-0.25, -0.2) is 0 Å². The van der Waals surface area contributed by atoms with Crippen molar-refractivity contribution in [3.8, 4) is 0 Å². The van der Waals surface area contributed by atoms with Crippen molar-refractivity contribution in [2.75, 3.05) is 6.54 Å². The topological polar surface area (TPSA) is 29.1 Å². The maximum atomic E-state index is 12.0. The van der Waals surface area contributed by atoms with Crippen LogP contribution in [0.3, 0.4) is 0 Å². The lowest BCUT2D eigenvalue weighted by atomic mass is 10.0. The highest BCUT2D eigenvalue weighted by atomic mass is 35.5. The number of halogens is 1. The first-order valence-corrected chi connectivity index (χ1v) is 6.50. The Morgan fingerprint density at radius 2 is 2.00 bits per heavy atom. The van der Waals surface area contributed by atoms with E-state index in [-0.39, 0.29) is 5.91 Å². The van der Waals surface area contributed by atoms with Gasteiger partial charge in [-0.1, -0.05) is 44.4 Å². The van der Waals surface area contributed by atoms with Crippen LogP contribution in [0.5, 0.6) is 0 Å². The van der Waals surface area contributed by atoms with Gasteiger partial charge < -0.3 is 5.32 Å². The van der Waals surface area contributed by atoms with Crippen LogP contribution >= 0.6 is 11.6 Å². The van der Waals surface area contributed by atoms with E-state index in [1.807, 2.05) is 13.0 Å². The Labute approximate surface area is 108 Å². The third kappa shape index (κ3) is 4.04. The highest BCUT2D eigenvalue weighted by Gasteiger charge is 2.11. The van der Waals surface area contributed by atoms with Crippen LogP contribution in [0.15, 0.2) is 18.2 Å². The van der Waals surface area contributed by atoms with Gasteiger partial charge in [0.15, 0.2) is 0 Å². The van der Waals surface area contributed by atoms with Crippen LogP contribution in [0.1, 0.15) is 42.6 Å². The van der Waals surface area contributed by atoms with E-state index < -0.39 is 0 Å². The molecule has 3 heteroatoms. The molecule has 1 aromatic carbocycles. The normalized spacial score (nSPS) is 10.6. The molecule has 17 heavy (non-hydrogen) atoms. The van der Waals surface area contributed by atoms with Crippen molar-refractivity contribution in [1.82, 2.24) is 5.32 Å². The highest BCUT2D eigenvalue weighted by molar-refractivity contribution is 6.31. The van der Waals surface area contributed by atoms with E-state index >= 15 is 0 Å². The zero-order valence-corrected chi connectivity index (χ0v) is 11.5. The molecule has 0 fully saturated rings. The van der Waals surface area contributed by atoms with Gasteiger partial charge in [0.1, 0.15) is 0 Å². The summed E-state index contributed by atoms with van der Waals surface area (Å²) in [5.41, 5.74) is 1.62. The molecule has 0 unspecified atom stereocenters. The SMILES string of the molecule is CCC(CC)CNC(=O)c1cc(Cl)ccc1C. The summed E-state index contributed by atoms with van der Waals surface area (Å²) >= 11 is 5.90. The molecular formula is C14H20ClNO. The van der Waals surface area contributed by atoms with E-state index in [9.17, 15) is 4.79 Å². The lowest BCUT2D eigenvalue weighted by Crippen LogP contribution is -2.29. The fourth-order valence-electron chi connectivity index (χ4n) is 1.75. The molecule has 0 aliphatic rings. The van der Waals surface area contributed by atoms with Crippen molar-refractivity contribution >= 4 is 17.5 Å². The Morgan fingerprint density at radius 1 is 1.35 bits per heavy atom. The second kappa shape index (κ2) is 6.65. The van der Waals surface area contributed by atoms with Gasteiger partial charge in [0.2, 0.25) is 0 Å². The smallest absolute Gasteiger partial charge is 0.251 e. The van der Waals surface area contributed by atoms with E-state index in [4.69, 9.17) is 11.6 Å². The minimum atomic E-state index is -0.0306. The van der Waals surface area contributed by atoms with E-state index in [0.717, 1.165) is 24.9 Å². The molecule has 94 valence electrons.